The average Bonchev–Trinajstić information content (AvgIpc) is 2.87. The minimum atomic E-state index is -0.817. The van der Waals surface area contributed by atoms with Crippen molar-refractivity contribution in [3.63, 3.8) is 0 Å². The summed E-state index contributed by atoms with van der Waals surface area (Å²) in [5.74, 6) is -1.14. The lowest BCUT2D eigenvalue weighted by atomic mass is 9.99. The van der Waals surface area contributed by atoms with Crippen LogP contribution in [0.2, 0.25) is 0 Å². The quantitative estimate of drug-likeness (QED) is 0.805. The number of nitrogens with zero attached hydrogens (tertiary/aromatic N) is 1. The number of amides is 1. The van der Waals surface area contributed by atoms with E-state index < -0.39 is 11.6 Å². The molecule has 1 fully saturated rings. The predicted octanol–water partition coefficient (Wildman–Crippen LogP) is 4.73. The van der Waals surface area contributed by atoms with Crippen molar-refractivity contribution in [2.75, 3.05) is 13.7 Å². The summed E-state index contributed by atoms with van der Waals surface area (Å²) in [6, 6.07) is 10.6. The topological polar surface area (TPSA) is 29.5 Å². The van der Waals surface area contributed by atoms with Gasteiger partial charge in [0.25, 0.3) is 5.91 Å². The number of hydrogen-bond acceptors (Lipinski definition) is 2. The molecule has 1 aliphatic heterocycles. The van der Waals surface area contributed by atoms with Gasteiger partial charge >= 0.3 is 0 Å². The second-order valence-electron chi connectivity index (χ2n) is 6.26. The molecule has 5 heteroatoms. The Bertz CT molecular complexity index is 746. The first-order chi connectivity index (χ1) is 12.1. The molecule has 2 aromatic rings. The van der Waals surface area contributed by atoms with E-state index in [1.54, 1.807) is 12.0 Å². The Morgan fingerprint density at radius 3 is 2.52 bits per heavy atom. The van der Waals surface area contributed by atoms with Gasteiger partial charge in [0.1, 0.15) is 17.4 Å². The van der Waals surface area contributed by atoms with Crippen LogP contribution in [0.5, 0.6) is 5.75 Å². The highest BCUT2D eigenvalue weighted by Crippen LogP contribution is 2.32. The minimum absolute atomic E-state index is 0.0817. The van der Waals surface area contributed by atoms with Crippen LogP contribution >= 0.6 is 0 Å². The number of rotatable bonds is 3. The van der Waals surface area contributed by atoms with Gasteiger partial charge < -0.3 is 9.64 Å². The van der Waals surface area contributed by atoms with Crippen LogP contribution in [0.15, 0.2) is 42.5 Å². The largest absolute Gasteiger partial charge is 0.497 e. The zero-order chi connectivity index (χ0) is 17.8. The van der Waals surface area contributed by atoms with Crippen LogP contribution < -0.4 is 4.74 Å². The number of hydrogen-bond donors (Lipinski definition) is 0. The van der Waals surface area contributed by atoms with Gasteiger partial charge in [-0.15, -0.1) is 0 Å². The van der Waals surface area contributed by atoms with Crippen molar-refractivity contribution in [3.05, 3.63) is 65.2 Å². The summed E-state index contributed by atoms with van der Waals surface area (Å²) in [5.41, 5.74) is 0.917. The molecular formula is C20H21F2NO2. The summed E-state index contributed by atoms with van der Waals surface area (Å²) in [5, 5.41) is 0. The highest BCUT2D eigenvalue weighted by Gasteiger charge is 2.29. The fourth-order valence-electron chi connectivity index (χ4n) is 3.34. The molecule has 3 nitrogen and oxygen atoms in total. The second kappa shape index (κ2) is 7.64. The van der Waals surface area contributed by atoms with E-state index in [2.05, 4.69) is 0 Å². The van der Waals surface area contributed by atoms with Crippen molar-refractivity contribution in [1.82, 2.24) is 4.90 Å². The monoisotopic (exact) mass is 345 g/mol. The SMILES string of the molecule is COc1ccc([C@H]2CCCCCN2C(=O)c2ccc(F)cc2F)cc1. The van der Waals surface area contributed by atoms with Gasteiger partial charge in [-0.05, 0) is 42.7 Å². The van der Waals surface area contributed by atoms with Gasteiger partial charge in [0.2, 0.25) is 0 Å². The van der Waals surface area contributed by atoms with Gasteiger partial charge in [0.05, 0.1) is 18.7 Å². The molecule has 1 heterocycles. The molecule has 0 unspecified atom stereocenters. The molecule has 0 aliphatic carbocycles. The standard InChI is InChI=1S/C20H21F2NO2/c1-25-16-9-6-14(7-10-16)19-5-3-2-4-12-23(19)20(24)17-11-8-15(21)13-18(17)22/h6-11,13,19H,2-5,12H2,1H3/t19-/m1/s1. The van der Waals surface area contributed by atoms with Crippen molar-refractivity contribution >= 4 is 5.91 Å². The zero-order valence-electron chi connectivity index (χ0n) is 14.2. The molecule has 0 N–H and O–H groups in total. The number of carbonyl (C=O) groups excluding carboxylic acids is 1. The van der Waals surface area contributed by atoms with Gasteiger partial charge in [0, 0.05) is 12.6 Å². The van der Waals surface area contributed by atoms with E-state index in [1.807, 2.05) is 24.3 Å². The molecule has 132 valence electrons. The second-order valence-corrected chi connectivity index (χ2v) is 6.26. The summed E-state index contributed by atoms with van der Waals surface area (Å²) in [6.07, 6.45) is 3.73. The van der Waals surface area contributed by atoms with Crippen LogP contribution in [0, 0.1) is 11.6 Å². The number of likely N-dealkylation sites (tertiary alicyclic amines) is 1. The third-order valence-corrected chi connectivity index (χ3v) is 4.68. The van der Waals surface area contributed by atoms with Gasteiger partial charge in [-0.1, -0.05) is 25.0 Å². The zero-order valence-corrected chi connectivity index (χ0v) is 14.2. The first kappa shape index (κ1) is 17.4. The van der Waals surface area contributed by atoms with Gasteiger partial charge in [-0.25, -0.2) is 8.78 Å². The highest BCUT2D eigenvalue weighted by atomic mass is 19.1. The maximum atomic E-state index is 14.1. The van der Waals surface area contributed by atoms with Crippen molar-refractivity contribution in [2.45, 2.75) is 31.7 Å². The van der Waals surface area contributed by atoms with Crippen molar-refractivity contribution < 1.29 is 18.3 Å². The maximum absolute atomic E-state index is 14.1. The molecule has 1 atom stereocenters. The molecule has 0 radical (unpaired) electrons. The molecule has 0 aromatic heterocycles. The van der Waals surface area contributed by atoms with Crippen molar-refractivity contribution in [1.29, 1.82) is 0 Å². The number of benzene rings is 2. The van der Waals surface area contributed by atoms with Crippen LogP contribution in [0.3, 0.4) is 0 Å². The third-order valence-electron chi connectivity index (χ3n) is 4.68. The summed E-state index contributed by atoms with van der Waals surface area (Å²) >= 11 is 0. The van der Waals surface area contributed by atoms with Gasteiger partial charge in [0.15, 0.2) is 0 Å². The summed E-state index contributed by atoms with van der Waals surface area (Å²) in [7, 11) is 1.60. The number of ether oxygens (including phenoxy) is 1. The fraction of sp³-hybridized carbons (Fsp3) is 0.350. The van der Waals surface area contributed by atoms with Crippen molar-refractivity contribution in [3.8, 4) is 5.75 Å². The van der Waals surface area contributed by atoms with E-state index in [-0.39, 0.29) is 17.5 Å². The van der Waals surface area contributed by atoms with Crippen LogP contribution in [0.1, 0.15) is 47.6 Å². The minimum Gasteiger partial charge on any atom is -0.497 e. The Balaban J connectivity index is 1.92. The molecule has 2 aromatic carbocycles. The Kier molecular flexibility index (Phi) is 5.31. The molecule has 1 aliphatic rings. The fourth-order valence-corrected chi connectivity index (χ4v) is 3.34. The molecular weight excluding hydrogens is 324 g/mol. The maximum Gasteiger partial charge on any atom is 0.257 e. The summed E-state index contributed by atoms with van der Waals surface area (Å²) in [4.78, 5) is 14.6. The molecule has 0 bridgehead atoms. The number of methoxy groups -OCH3 is 1. The van der Waals surface area contributed by atoms with Gasteiger partial charge in [-0.2, -0.15) is 0 Å². The van der Waals surface area contributed by atoms with Crippen LogP contribution in [-0.2, 0) is 0 Å². The molecule has 25 heavy (non-hydrogen) atoms. The smallest absolute Gasteiger partial charge is 0.257 e. The first-order valence-corrected chi connectivity index (χ1v) is 8.50. The van der Waals surface area contributed by atoms with E-state index in [0.717, 1.165) is 49.1 Å². The number of carbonyl (C=O) groups is 1. The molecule has 3 rings (SSSR count). The van der Waals surface area contributed by atoms with Crippen LogP contribution in [0.25, 0.3) is 0 Å². The van der Waals surface area contributed by atoms with Crippen LogP contribution in [0.4, 0.5) is 8.78 Å². The first-order valence-electron chi connectivity index (χ1n) is 8.50. The van der Waals surface area contributed by atoms with E-state index in [9.17, 15) is 13.6 Å². The summed E-state index contributed by atoms with van der Waals surface area (Å²) in [6.45, 7) is 0.562. The van der Waals surface area contributed by atoms with Crippen LogP contribution in [-0.4, -0.2) is 24.5 Å². The lowest BCUT2D eigenvalue weighted by molar-refractivity contribution is 0.0676. The van der Waals surface area contributed by atoms with E-state index in [0.29, 0.717) is 6.54 Å². The highest BCUT2D eigenvalue weighted by molar-refractivity contribution is 5.94. The Hall–Kier alpha value is -2.43. The molecule has 1 amide bonds. The number of halogens is 2. The summed E-state index contributed by atoms with van der Waals surface area (Å²) < 4.78 is 32.4. The normalized spacial score (nSPS) is 17.9. The Morgan fingerprint density at radius 1 is 1.08 bits per heavy atom. The van der Waals surface area contributed by atoms with Gasteiger partial charge in [-0.3, -0.25) is 4.79 Å². The predicted molar refractivity (Wildman–Crippen MR) is 91.6 cm³/mol. The lowest BCUT2D eigenvalue weighted by Gasteiger charge is -2.31. The van der Waals surface area contributed by atoms with E-state index in [4.69, 9.17) is 4.74 Å². The average molecular weight is 345 g/mol. The molecule has 1 saturated heterocycles. The third kappa shape index (κ3) is 3.81. The van der Waals surface area contributed by atoms with E-state index >= 15 is 0 Å². The Morgan fingerprint density at radius 2 is 1.84 bits per heavy atom. The molecule has 0 saturated carbocycles. The van der Waals surface area contributed by atoms with Crippen molar-refractivity contribution in [2.24, 2.45) is 0 Å². The van der Waals surface area contributed by atoms with E-state index in [1.165, 1.54) is 6.07 Å². The lowest BCUT2D eigenvalue weighted by Crippen LogP contribution is -2.35. The Labute approximate surface area is 146 Å². The molecule has 0 spiro atoms.